The minimum Gasteiger partial charge on any atom is -0.361 e. The topological polar surface area (TPSA) is 43.4 Å². The minimum absolute atomic E-state index is 0.892. The number of aryl methyl sites for hydroxylation is 1. The van der Waals surface area contributed by atoms with E-state index < -0.39 is 0 Å². The molecule has 134 valence electrons. The van der Waals surface area contributed by atoms with E-state index in [1.54, 1.807) is 0 Å². The molecule has 4 rings (SSSR count). The number of H-pyrrole nitrogens is 1. The molecule has 1 aromatic carbocycles. The van der Waals surface area contributed by atoms with Crippen molar-refractivity contribution in [2.75, 3.05) is 26.7 Å². The molecule has 0 bridgehead atoms. The van der Waals surface area contributed by atoms with Crippen molar-refractivity contribution >= 4 is 16.9 Å². The van der Waals surface area contributed by atoms with Gasteiger partial charge in [0.1, 0.15) is 0 Å². The van der Waals surface area contributed by atoms with Crippen LogP contribution in [0.5, 0.6) is 0 Å². The number of likely N-dealkylation sites (tertiary alicyclic amines) is 1. The summed E-state index contributed by atoms with van der Waals surface area (Å²) in [6.07, 6.45) is 8.83. The first-order valence-electron chi connectivity index (χ1n) is 9.77. The highest BCUT2D eigenvalue weighted by atomic mass is 15.3. The number of nitrogens with zero attached hydrogens (tertiary/aromatic N) is 2. The zero-order chi connectivity index (χ0) is 17.2. The van der Waals surface area contributed by atoms with Crippen molar-refractivity contribution in [1.29, 1.82) is 0 Å². The van der Waals surface area contributed by atoms with Gasteiger partial charge in [-0.15, -0.1) is 0 Å². The fourth-order valence-corrected chi connectivity index (χ4v) is 4.79. The lowest BCUT2D eigenvalue weighted by molar-refractivity contribution is 0.299. The van der Waals surface area contributed by atoms with Crippen LogP contribution in [0.15, 0.2) is 29.4 Å². The van der Waals surface area contributed by atoms with Crippen molar-refractivity contribution in [2.24, 2.45) is 16.8 Å². The summed E-state index contributed by atoms with van der Waals surface area (Å²) in [5.74, 6) is 2.87. The summed E-state index contributed by atoms with van der Waals surface area (Å²) >= 11 is 0. The number of nitrogens with one attached hydrogen (secondary N) is 2. The van der Waals surface area contributed by atoms with Crippen molar-refractivity contribution in [3.8, 4) is 0 Å². The van der Waals surface area contributed by atoms with Crippen molar-refractivity contribution in [1.82, 2.24) is 15.2 Å². The minimum atomic E-state index is 0.892. The number of aromatic nitrogens is 1. The van der Waals surface area contributed by atoms with Gasteiger partial charge in [-0.05, 0) is 49.1 Å². The van der Waals surface area contributed by atoms with Crippen LogP contribution in [0.2, 0.25) is 0 Å². The lowest BCUT2D eigenvalue weighted by Crippen LogP contribution is -2.41. The Morgan fingerprint density at radius 1 is 1.24 bits per heavy atom. The Morgan fingerprint density at radius 3 is 2.72 bits per heavy atom. The van der Waals surface area contributed by atoms with Crippen LogP contribution < -0.4 is 5.32 Å². The van der Waals surface area contributed by atoms with Crippen molar-refractivity contribution in [2.45, 2.75) is 39.0 Å². The molecule has 2 unspecified atom stereocenters. The number of hydrogen-bond acceptors (Lipinski definition) is 1. The predicted molar refractivity (Wildman–Crippen MR) is 105 cm³/mol. The van der Waals surface area contributed by atoms with Gasteiger partial charge in [-0.1, -0.05) is 31.0 Å². The molecular formula is C21H30N4. The normalized spacial score (nSPS) is 23.9. The van der Waals surface area contributed by atoms with Gasteiger partial charge < -0.3 is 15.2 Å². The first-order chi connectivity index (χ1) is 12.3. The number of rotatable bonds is 3. The average molecular weight is 338 g/mol. The quantitative estimate of drug-likeness (QED) is 0.662. The highest BCUT2D eigenvalue weighted by Crippen LogP contribution is 2.35. The van der Waals surface area contributed by atoms with E-state index in [0.717, 1.165) is 30.8 Å². The maximum absolute atomic E-state index is 4.55. The third kappa shape index (κ3) is 3.26. The van der Waals surface area contributed by atoms with Gasteiger partial charge in [0.15, 0.2) is 5.96 Å². The third-order valence-corrected chi connectivity index (χ3v) is 6.17. The summed E-state index contributed by atoms with van der Waals surface area (Å²) in [5.41, 5.74) is 3.97. The van der Waals surface area contributed by atoms with Crippen molar-refractivity contribution < 1.29 is 0 Å². The van der Waals surface area contributed by atoms with E-state index in [2.05, 4.69) is 51.5 Å². The summed E-state index contributed by atoms with van der Waals surface area (Å²) in [4.78, 5) is 10.5. The molecule has 25 heavy (non-hydrogen) atoms. The van der Waals surface area contributed by atoms with Crippen LogP contribution >= 0.6 is 0 Å². The van der Waals surface area contributed by atoms with Gasteiger partial charge >= 0.3 is 0 Å². The van der Waals surface area contributed by atoms with Gasteiger partial charge in [-0.3, -0.25) is 4.99 Å². The molecule has 2 fully saturated rings. The first kappa shape index (κ1) is 16.5. The van der Waals surface area contributed by atoms with Crippen molar-refractivity contribution in [3.63, 3.8) is 0 Å². The first-order valence-corrected chi connectivity index (χ1v) is 9.77. The fraction of sp³-hybridized carbons (Fsp3) is 0.571. The molecule has 2 aromatic rings. The lowest BCUT2D eigenvalue weighted by atomic mass is 9.82. The Morgan fingerprint density at radius 2 is 2.00 bits per heavy atom. The van der Waals surface area contributed by atoms with E-state index in [0.29, 0.717) is 0 Å². The number of para-hydroxylation sites is 1. The zero-order valence-electron chi connectivity index (χ0n) is 15.5. The molecule has 2 aliphatic rings. The van der Waals surface area contributed by atoms with Crippen LogP contribution in [0.25, 0.3) is 10.9 Å². The summed E-state index contributed by atoms with van der Waals surface area (Å²) < 4.78 is 0. The van der Waals surface area contributed by atoms with Crippen LogP contribution in [0, 0.1) is 18.8 Å². The number of hydrogen-bond donors (Lipinski definition) is 2. The van der Waals surface area contributed by atoms with Gasteiger partial charge in [0.2, 0.25) is 0 Å². The Bertz CT molecular complexity index is 746. The van der Waals surface area contributed by atoms with Gasteiger partial charge in [-0.25, -0.2) is 0 Å². The second kappa shape index (κ2) is 7.11. The second-order valence-electron chi connectivity index (χ2n) is 7.74. The summed E-state index contributed by atoms with van der Waals surface area (Å²) in [6, 6.07) is 6.52. The zero-order valence-corrected chi connectivity index (χ0v) is 15.5. The SMILES string of the molecule is CN=C(NCCc1c[nH]c2c(C)cccc12)N1CC2CCCCC2C1. The third-order valence-electron chi connectivity index (χ3n) is 6.17. The van der Waals surface area contributed by atoms with E-state index in [-0.39, 0.29) is 0 Å². The molecule has 1 aromatic heterocycles. The van der Waals surface area contributed by atoms with Crippen LogP contribution in [-0.2, 0) is 6.42 Å². The van der Waals surface area contributed by atoms with E-state index in [4.69, 9.17) is 0 Å². The fourth-order valence-electron chi connectivity index (χ4n) is 4.79. The average Bonchev–Trinajstić information content (AvgIpc) is 3.23. The van der Waals surface area contributed by atoms with Crippen LogP contribution in [0.1, 0.15) is 36.8 Å². The molecule has 1 aliphatic heterocycles. The molecule has 1 saturated heterocycles. The molecule has 2 atom stereocenters. The van der Waals surface area contributed by atoms with Gasteiger partial charge in [-0.2, -0.15) is 0 Å². The number of benzene rings is 1. The molecule has 2 N–H and O–H groups in total. The highest BCUT2D eigenvalue weighted by molar-refractivity contribution is 5.86. The maximum Gasteiger partial charge on any atom is 0.193 e. The number of fused-ring (bicyclic) bond motifs is 2. The Kier molecular flexibility index (Phi) is 4.69. The lowest BCUT2D eigenvalue weighted by Gasteiger charge is -2.22. The number of guanidine groups is 1. The molecule has 1 aliphatic carbocycles. The predicted octanol–water partition coefficient (Wildman–Crippen LogP) is 3.72. The smallest absolute Gasteiger partial charge is 0.193 e. The largest absolute Gasteiger partial charge is 0.361 e. The molecule has 4 nitrogen and oxygen atoms in total. The van der Waals surface area contributed by atoms with Crippen LogP contribution in [0.3, 0.4) is 0 Å². The molecule has 0 spiro atoms. The maximum atomic E-state index is 4.55. The summed E-state index contributed by atoms with van der Waals surface area (Å²) in [7, 11) is 1.92. The highest BCUT2D eigenvalue weighted by Gasteiger charge is 2.35. The molecule has 0 amide bonds. The standard InChI is InChI=1S/C21H30N4/c1-15-6-5-9-19-16(12-24-20(15)19)10-11-23-21(22-2)25-13-17-7-3-4-8-18(17)14-25/h5-6,9,12,17-18,24H,3-4,7-8,10-11,13-14H2,1-2H3,(H,22,23). The summed E-state index contributed by atoms with van der Waals surface area (Å²) in [5, 5.41) is 4.95. The monoisotopic (exact) mass is 338 g/mol. The van der Waals surface area contributed by atoms with Crippen LogP contribution in [-0.4, -0.2) is 42.5 Å². The van der Waals surface area contributed by atoms with E-state index in [1.807, 2.05) is 7.05 Å². The van der Waals surface area contributed by atoms with E-state index in [1.165, 1.54) is 60.8 Å². The van der Waals surface area contributed by atoms with Gasteiger partial charge in [0.25, 0.3) is 0 Å². The summed E-state index contributed by atoms with van der Waals surface area (Å²) in [6.45, 7) is 5.47. The van der Waals surface area contributed by atoms with Gasteiger partial charge in [0.05, 0.1) is 0 Å². The van der Waals surface area contributed by atoms with Gasteiger partial charge in [0, 0.05) is 43.8 Å². The second-order valence-corrected chi connectivity index (χ2v) is 7.74. The molecule has 4 heteroatoms. The molecular weight excluding hydrogens is 308 g/mol. The van der Waals surface area contributed by atoms with E-state index in [9.17, 15) is 0 Å². The number of aromatic amines is 1. The van der Waals surface area contributed by atoms with E-state index >= 15 is 0 Å². The Balaban J connectivity index is 1.36. The Hall–Kier alpha value is -1.97. The molecule has 0 radical (unpaired) electrons. The number of aliphatic imine (C=N–C) groups is 1. The molecule has 1 saturated carbocycles. The Labute approximate surface area is 150 Å². The molecule has 2 heterocycles. The van der Waals surface area contributed by atoms with Crippen molar-refractivity contribution in [3.05, 3.63) is 35.5 Å². The van der Waals surface area contributed by atoms with Crippen LogP contribution in [0.4, 0.5) is 0 Å².